The topological polar surface area (TPSA) is 24.7 Å². The summed E-state index contributed by atoms with van der Waals surface area (Å²) in [5, 5.41) is 0. The van der Waals surface area contributed by atoms with E-state index in [1.54, 1.807) is 18.5 Å². The highest BCUT2D eigenvalue weighted by molar-refractivity contribution is 5.83. The molecule has 0 atom stereocenters. The molecule has 0 radical (unpaired) electrons. The Hall–Kier alpha value is -1.96. The predicted octanol–water partition coefficient (Wildman–Crippen LogP) is 3.55. The van der Waals surface area contributed by atoms with Crippen molar-refractivity contribution in [1.29, 1.82) is 0 Å². The molecule has 2 nitrogen and oxygen atoms in total. The maximum absolute atomic E-state index is 4.29. The van der Waals surface area contributed by atoms with Crippen LogP contribution >= 0.6 is 0 Å². The summed E-state index contributed by atoms with van der Waals surface area (Å²) in [7, 11) is 0. The SMILES string of the molecule is C=C/C=C(/C=N/c1ccccc1)\N=C/C. The minimum absolute atomic E-state index is 0.788. The second kappa shape index (κ2) is 6.49. The maximum Gasteiger partial charge on any atom is 0.0808 e. The van der Waals surface area contributed by atoms with E-state index >= 15 is 0 Å². The lowest BCUT2D eigenvalue weighted by molar-refractivity contribution is 1.45. The van der Waals surface area contributed by atoms with E-state index in [0.717, 1.165) is 11.4 Å². The largest absolute Gasteiger partial charge is 0.260 e. The Kier molecular flexibility index (Phi) is 4.81. The molecule has 0 aliphatic rings. The Balaban J connectivity index is 2.79. The minimum atomic E-state index is 0.788. The summed E-state index contributed by atoms with van der Waals surface area (Å²) in [5.74, 6) is 0. The summed E-state index contributed by atoms with van der Waals surface area (Å²) in [6.45, 7) is 5.49. The fourth-order valence-corrected chi connectivity index (χ4v) is 1.04. The average Bonchev–Trinajstić information content (AvgIpc) is 2.28. The molecule has 0 aromatic heterocycles. The van der Waals surface area contributed by atoms with E-state index in [-0.39, 0.29) is 0 Å². The van der Waals surface area contributed by atoms with Gasteiger partial charge in [-0.15, -0.1) is 0 Å². The summed E-state index contributed by atoms with van der Waals surface area (Å²) in [6.07, 6.45) is 6.95. The Morgan fingerprint density at radius 3 is 2.60 bits per heavy atom. The number of para-hydroxylation sites is 1. The van der Waals surface area contributed by atoms with Crippen molar-refractivity contribution >= 4 is 18.1 Å². The van der Waals surface area contributed by atoms with Gasteiger partial charge in [-0.3, -0.25) is 9.98 Å². The molecule has 15 heavy (non-hydrogen) atoms. The van der Waals surface area contributed by atoms with E-state index in [4.69, 9.17) is 0 Å². The van der Waals surface area contributed by atoms with E-state index in [1.807, 2.05) is 43.3 Å². The van der Waals surface area contributed by atoms with Crippen molar-refractivity contribution in [3.05, 3.63) is 54.8 Å². The molecule has 0 saturated heterocycles. The molecule has 0 aliphatic heterocycles. The molecule has 1 rings (SSSR count). The summed E-state index contributed by atoms with van der Waals surface area (Å²) < 4.78 is 0. The molecule has 0 bridgehead atoms. The van der Waals surface area contributed by atoms with Crippen molar-refractivity contribution in [2.75, 3.05) is 0 Å². The molecule has 0 heterocycles. The Morgan fingerprint density at radius 2 is 2.00 bits per heavy atom. The fraction of sp³-hybridized carbons (Fsp3) is 0.0769. The zero-order valence-corrected chi connectivity index (χ0v) is 8.80. The summed E-state index contributed by atoms with van der Waals surface area (Å²) in [5.41, 5.74) is 1.70. The standard InChI is InChI=1S/C13H14N2/c1-3-8-13(14-4-2)11-15-12-9-6-5-7-10-12/h3-11H,1H2,2H3/b13-8-,14-4-,15-11+. The van der Waals surface area contributed by atoms with Crippen molar-refractivity contribution < 1.29 is 0 Å². The van der Waals surface area contributed by atoms with Gasteiger partial charge in [-0.1, -0.05) is 30.9 Å². The van der Waals surface area contributed by atoms with Gasteiger partial charge >= 0.3 is 0 Å². The van der Waals surface area contributed by atoms with Crippen molar-refractivity contribution in [2.24, 2.45) is 9.98 Å². The number of rotatable bonds is 4. The number of hydrogen-bond donors (Lipinski definition) is 0. The normalized spacial score (nSPS) is 12.5. The molecule has 0 spiro atoms. The van der Waals surface area contributed by atoms with Crippen LogP contribution in [0.5, 0.6) is 0 Å². The Labute approximate surface area is 90.4 Å². The van der Waals surface area contributed by atoms with E-state index < -0.39 is 0 Å². The molecule has 0 N–H and O–H groups in total. The minimum Gasteiger partial charge on any atom is -0.260 e. The zero-order chi connectivity index (χ0) is 10.9. The first-order valence-corrected chi connectivity index (χ1v) is 4.77. The molecule has 0 amide bonds. The number of allylic oxidation sites excluding steroid dienone is 3. The van der Waals surface area contributed by atoms with Crippen molar-refractivity contribution in [3.63, 3.8) is 0 Å². The third kappa shape index (κ3) is 4.18. The first-order chi connectivity index (χ1) is 7.36. The average molecular weight is 198 g/mol. The first-order valence-electron chi connectivity index (χ1n) is 4.77. The number of aliphatic imine (C=N–C) groups is 2. The van der Waals surface area contributed by atoms with E-state index in [2.05, 4.69) is 16.6 Å². The molecule has 76 valence electrons. The molecule has 0 unspecified atom stereocenters. The van der Waals surface area contributed by atoms with Crippen molar-refractivity contribution in [2.45, 2.75) is 6.92 Å². The van der Waals surface area contributed by atoms with Gasteiger partial charge in [0.15, 0.2) is 0 Å². The van der Waals surface area contributed by atoms with Crippen LogP contribution < -0.4 is 0 Å². The fourth-order valence-electron chi connectivity index (χ4n) is 1.04. The second-order valence-corrected chi connectivity index (χ2v) is 2.81. The van der Waals surface area contributed by atoms with Gasteiger partial charge in [0, 0.05) is 6.21 Å². The van der Waals surface area contributed by atoms with Crippen LogP contribution in [0.3, 0.4) is 0 Å². The van der Waals surface area contributed by atoms with Gasteiger partial charge in [0.25, 0.3) is 0 Å². The van der Waals surface area contributed by atoms with Crippen molar-refractivity contribution in [1.82, 2.24) is 0 Å². The third-order valence-corrected chi connectivity index (χ3v) is 1.67. The summed E-state index contributed by atoms with van der Waals surface area (Å²) in [6, 6.07) is 9.75. The van der Waals surface area contributed by atoms with Gasteiger partial charge in [-0.05, 0) is 25.1 Å². The van der Waals surface area contributed by atoms with Gasteiger partial charge in [-0.25, -0.2) is 0 Å². The number of hydrogen-bond acceptors (Lipinski definition) is 2. The highest BCUT2D eigenvalue weighted by Gasteiger charge is 1.87. The Morgan fingerprint density at radius 1 is 1.27 bits per heavy atom. The lowest BCUT2D eigenvalue weighted by Gasteiger charge is -1.92. The lowest BCUT2D eigenvalue weighted by Crippen LogP contribution is -1.79. The van der Waals surface area contributed by atoms with Gasteiger partial charge in [0.1, 0.15) is 0 Å². The van der Waals surface area contributed by atoms with E-state index in [0.29, 0.717) is 0 Å². The molecule has 1 aromatic rings. The molecule has 2 heteroatoms. The van der Waals surface area contributed by atoms with Crippen LogP contribution in [0.2, 0.25) is 0 Å². The quantitative estimate of drug-likeness (QED) is 0.522. The van der Waals surface area contributed by atoms with Gasteiger partial charge in [-0.2, -0.15) is 0 Å². The van der Waals surface area contributed by atoms with Gasteiger partial charge in [0.05, 0.1) is 17.6 Å². The monoisotopic (exact) mass is 198 g/mol. The summed E-state index contributed by atoms with van der Waals surface area (Å²) in [4.78, 5) is 8.43. The van der Waals surface area contributed by atoms with Crippen LogP contribution in [-0.2, 0) is 0 Å². The smallest absolute Gasteiger partial charge is 0.0808 e. The molecule has 0 fully saturated rings. The second-order valence-electron chi connectivity index (χ2n) is 2.81. The molecular weight excluding hydrogens is 184 g/mol. The molecule has 0 saturated carbocycles. The lowest BCUT2D eigenvalue weighted by atomic mass is 10.3. The molecule has 0 aliphatic carbocycles. The number of benzene rings is 1. The van der Waals surface area contributed by atoms with Crippen molar-refractivity contribution in [3.8, 4) is 0 Å². The van der Waals surface area contributed by atoms with Crippen LogP contribution in [0.1, 0.15) is 6.92 Å². The van der Waals surface area contributed by atoms with E-state index in [9.17, 15) is 0 Å². The van der Waals surface area contributed by atoms with Crippen LogP contribution in [0.15, 0.2) is 64.7 Å². The highest BCUT2D eigenvalue weighted by Crippen LogP contribution is 2.09. The van der Waals surface area contributed by atoms with Crippen LogP contribution in [0, 0.1) is 0 Å². The Bertz CT molecular complexity index is 386. The van der Waals surface area contributed by atoms with Crippen LogP contribution in [0.25, 0.3) is 0 Å². The van der Waals surface area contributed by atoms with Gasteiger partial charge in [0.2, 0.25) is 0 Å². The molecular formula is C13H14N2. The van der Waals surface area contributed by atoms with E-state index in [1.165, 1.54) is 0 Å². The van der Waals surface area contributed by atoms with Gasteiger partial charge < -0.3 is 0 Å². The zero-order valence-electron chi connectivity index (χ0n) is 8.80. The third-order valence-electron chi connectivity index (χ3n) is 1.67. The first kappa shape index (κ1) is 11.1. The number of nitrogens with zero attached hydrogens (tertiary/aromatic N) is 2. The van der Waals surface area contributed by atoms with Crippen LogP contribution in [-0.4, -0.2) is 12.4 Å². The molecule has 1 aromatic carbocycles. The highest BCUT2D eigenvalue weighted by atomic mass is 14.8. The van der Waals surface area contributed by atoms with Crippen LogP contribution in [0.4, 0.5) is 5.69 Å². The summed E-state index contributed by atoms with van der Waals surface area (Å²) >= 11 is 0. The predicted molar refractivity (Wildman–Crippen MR) is 67.0 cm³/mol. The maximum atomic E-state index is 4.29.